The average Bonchev–Trinajstić information content (AvgIpc) is 2.77. The smallest absolute Gasteiger partial charge is 0.0939 e. The van der Waals surface area contributed by atoms with Crippen LogP contribution in [0.5, 0.6) is 0 Å². The van der Waals surface area contributed by atoms with Crippen LogP contribution in [-0.4, -0.2) is 21.5 Å². The third-order valence-electron chi connectivity index (χ3n) is 2.73. The standard InChI is InChI=1S/C11H12N4/c12-3-1-7-6-14-11-8-2-4-13-9(8)5-10(11)15-7/h2,4,6,13H,1,3,5,12H2. The Bertz CT molecular complexity index is 501. The number of hydrogen-bond acceptors (Lipinski definition) is 3. The van der Waals surface area contributed by atoms with E-state index < -0.39 is 0 Å². The van der Waals surface area contributed by atoms with Crippen molar-refractivity contribution in [2.24, 2.45) is 5.73 Å². The molecule has 0 aromatic carbocycles. The topological polar surface area (TPSA) is 67.6 Å². The largest absolute Gasteiger partial charge is 0.364 e. The van der Waals surface area contributed by atoms with Gasteiger partial charge in [-0.1, -0.05) is 0 Å². The predicted octanol–water partition coefficient (Wildman–Crippen LogP) is 0.877. The lowest BCUT2D eigenvalue weighted by molar-refractivity contribution is 0.888. The van der Waals surface area contributed by atoms with Crippen molar-refractivity contribution in [1.29, 1.82) is 0 Å². The zero-order valence-corrected chi connectivity index (χ0v) is 8.33. The second kappa shape index (κ2) is 3.17. The quantitative estimate of drug-likeness (QED) is 0.645. The molecule has 1 aliphatic rings. The number of hydrogen-bond donors (Lipinski definition) is 2. The van der Waals surface area contributed by atoms with Crippen LogP contribution in [0.1, 0.15) is 17.1 Å². The Hall–Kier alpha value is -1.68. The lowest BCUT2D eigenvalue weighted by Crippen LogP contribution is -2.06. The number of nitrogens with two attached hydrogens (primary N) is 1. The fourth-order valence-electron chi connectivity index (χ4n) is 2.02. The minimum absolute atomic E-state index is 0.624. The van der Waals surface area contributed by atoms with Crippen molar-refractivity contribution in [3.05, 3.63) is 35.5 Å². The van der Waals surface area contributed by atoms with Crippen molar-refractivity contribution in [2.75, 3.05) is 6.54 Å². The van der Waals surface area contributed by atoms with Gasteiger partial charge in [-0.3, -0.25) is 9.97 Å². The fourth-order valence-corrected chi connectivity index (χ4v) is 2.02. The van der Waals surface area contributed by atoms with E-state index in [0.29, 0.717) is 6.54 Å². The van der Waals surface area contributed by atoms with Crippen molar-refractivity contribution in [3.63, 3.8) is 0 Å². The van der Waals surface area contributed by atoms with Crippen LogP contribution in [0.15, 0.2) is 18.5 Å². The molecule has 0 unspecified atom stereocenters. The van der Waals surface area contributed by atoms with Crippen LogP contribution in [-0.2, 0) is 12.8 Å². The van der Waals surface area contributed by atoms with Crippen molar-refractivity contribution in [1.82, 2.24) is 15.0 Å². The second-order valence-electron chi connectivity index (χ2n) is 3.74. The van der Waals surface area contributed by atoms with Crippen LogP contribution in [0.3, 0.4) is 0 Å². The number of H-pyrrole nitrogens is 1. The number of nitrogens with zero attached hydrogens (tertiary/aromatic N) is 2. The molecule has 0 saturated heterocycles. The first-order valence-corrected chi connectivity index (χ1v) is 5.10. The van der Waals surface area contributed by atoms with Gasteiger partial charge in [0.15, 0.2) is 0 Å². The third-order valence-corrected chi connectivity index (χ3v) is 2.73. The van der Waals surface area contributed by atoms with Gasteiger partial charge < -0.3 is 10.7 Å². The maximum atomic E-state index is 5.50. The van der Waals surface area contributed by atoms with Crippen LogP contribution >= 0.6 is 0 Å². The van der Waals surface area contributed by atoms with Crippen LogP contribution in [0.25, 0.3) is 11.3 Å². The van der Waals surface area contributed by atoms with Gasteiger partial charge in [-0.15, -0.1) is 0 Å². The van der Waals surface area contributed by atoms with Gasteiger partial charge in [0.25, 0.3) is 0 Å². The molecular formula is C11H12N4. The molecule has 2 aromatic rings. The van der Waals surface area contributed by atoms with E-state index in [1.165, 1.54) is 11.3 Å². The molecule has 0 fully saturated rings. The SMILES string of the molecule is NCCc1cnc2c(n1)Cc1[nH]ccc1-2. The minimum atomic E-state index is 0.624. The van der Waals surface area contributed by atoms with E-state index in [9.17, 15) is 0 Å². The van der Waals surface area contributed by atoms with E-state index in [1.807, 2.05) is 12.4 Å². The van der Waals surface area contributed by atoms with Gasteiger partial charge in [-0.2, -0.15) is 0 Å². The monoisotopic (exact) mass is 200 g/mol. The predicted molar refractivity (Wildman–Crippen MR) is 57.4 cm³/mol. The lowest BCUT2D eigenvalue weighted by Gasteiger charge is -2.01. The highest BCUT2D eigenvalue weighted by Crippen LogP contribution is 2.32. The minimum Gasteiger partial charge on any atom is -0.364 e. The number of fused-ring (bicyclic) bond motifs is 3. The molecule has 1 aliphatic carbocycles. The lowest BCUT2D eigenvalue weighted by atomic mass is 10.2. The molecule has 76 valence electrons. The van der Waals surface area contributed by atoms with Gasteiger partial charge >= 0.3 is 0 Å². The highest BCUT2D eigenvalue weighted by Gasteiger charge is 2.21. The zero-order chi connectivity index (χ0) is 10.3. The molecule has 0 amide bonds. The van der Waals surface area contributed by atoms with Gasteiger partial charge in [0, 0.05) is 36.5 Å². The Balaban J connectivity index is 2.06. The summed E-state index contributed by atoms with van der Waals surface area (Å²) >= 11 is 0. The maximum Gasteiger partial charge on any atom is 0.0939 e. The Morgan fingerprint density at radius 3 is 3.27 bits per heavy atom. The van der Waals surface area contributed by atoms with Crippen molar-refractivity contribution >= 4 is 0 Å². The maximum absolute atomic E-state index is 5.50. The van der Waals surface area contributed by atoms with Crippen LogP contribution in [0.4, 0.5) is 0 Å². The van der Waals surface area contributed by atoms with Gasteiger partial charge in [0.1, 0.15) is 0 Å². The van der Waals surface area contributed by atoms with Crippen LogP contribution < -0.4 is 5.73 Å². The Morgan fingerprint density at radius 1 is 1.47 bits per heavy atom. The Labute approximate surface area is 87.6 Å². The summed E-state index contributed by atoms with van der Waals surface area (Å²) in [5.41, 5.74) is 11.0. The first kappa shape index (κ1) is 8.61. The summed E-state index contributed by atoms with van der Waals surface area (Å²) in [5, 5.41) is 0. The molecule has 15 heavy (non-hydrogen) atoms. The van der Waals surface area contributed by atoms with Gasteiger partial charge in [0.2, 0.25) is 0 Å². The molecule has 0 bridgehead atoms. The summed E-state index contributed by atoms with van der Waals surface area (Å²) < 4.78 is 0. The molecule has 0 atom stereocenters. The summed E-state index contributed by atoms with van der Waals surface area (Å²) in [6, 6.07) is 2.05. The van der Waals surface area contributed by atoms with Crippen molar-refractivity contribution in [2.45, 2.75) is 12.8 Å². The van der Waals surface area contributed by atoms with E-state index in [2.05, 4.69) is 21.0 Å². The first-order valence-electron chi connectivity index (χ1n) is 5.10. The molecular weight excluding hydrogens is 188 g/mol. The molecule has 0 radical (unpaired) electrons. The summed E-state index contributed by atoms with van der Waals surface area (Å²) in [6.07, 6.45) is 5.44. The highest BCUT2D eigenvalue weighted by atomic mass is 14.9. The van der Waals surface area contributed by atoms with E-state index >= 15 is 0 Å². The summed E-state index contributed by atoms with van der Waals surface area (Å²) in [5.74, 6) is 0. The van der Waals surface area contributed by atoms with Gasteiger partial charge in [0.05, 0.1) is 17.1 Å². The van der Waals surface area contributed by atoms with Crippen molar-refractivity contribution in [3.8, 4) is 11.3 Å². The fraction of sp³-hybridized carbons (Fsp3) is 0.273. The number of rotatable bonds is 2. The zero-order valence-electron chi connectivity index (χ0n) is 8.33. The van der Waals surface area contributed by atoms with Crippen molar-refractivity contribution < 1.29 is 0 Å². The Kier molecular flexibility index (Phi) is 1.82. The number of aromatic amines is 1. The third kappa shape index (κ3) is 1.26. The number of nitrogens with one attached hydrogen (secondary N) is 1. The van der Waals surface area contributed by atoms with Gasteiger partial charge in [-0.05, 0) is 12.6 Å². The van der Waals surface area contributed by atoms with E-state index in [4.69, 9.17) is 5.73 Å². The molecule has 2 aromatic heterocycles. The molecule has 2 heterocycles. The Morgan fingerprint density at radius 2 is 2.40 bits per heavy atom. The summed E-state index contributed by atoms with van der Waals surface area (Å²) in [7, 11) is 0. The van der Waals surface area contributed by atoms with Crippen LogP contribution in [0, 0.1) is 0 Å². The summed E-state index contributed by atoms with van der Waals surface area (Å²) in [6.45, 7) is 0.624. The molecule has 4 nitrogen and oxygen atoms in total. The second-order valence-corrected chi connectivity index (χ2v) is 3.74. The molecule has 0 aliphatic heterocycles. The normalized spacial score (nSPS) is 12.6. The summed E-state index contributed by atoms with van der Waals surface area (Å²) in [4.78, 5) is 12.2. The highest BCUT2D eigenvalue weighted by molar-refractivity contribution is 5.70. The first-order chi connectivity index (χ1) is 7.38. The van der Waals surface area contributed by atoms with Crippen LogP contribution in [0.2, 0.25) is 0 Å². The average molecular weight is 200 g/mol. The van der Waals surface area contributed by atoms with Gasteiger partial charge in [-0.25, -0.2) is 0 Å². The van der Waals surface area contributed by atoms with E-state index in [1.54, 1.807) is 0 Å². The molecule has 0 saturated carbocycles. The van der Waals surface area contributed by atoms with E-state index in [0.717, 1.165) is 29.9 Å². The number of aromatic nitrogens is 3. The molecule has 0 spiro atoms. The molecule has 4 heteroatoms. The molecule has 3 rings (SSSR count). The van der Waals surface area contributed by atoms with E-state index in [-0.39, 0.29) is 0 Å². The molecule has 3 N–H and O–H groups in total.